The van der Waals surface area contributed by atoms with Crippen LogP contribution in [0.1, 0.15) is 168 Å². The van der Waals surface area contributed by atoms with Crippen molar-refractivity contribution in [2.45, 2.75) is 180 Å². The van der Waals surface area contributed by atoms with Crippen molar-refractivity contribution in [3.05, 3.63) is 36.5 Å². The van der Waals surface area contributed by atoms with Crippen LogP contribution in [0.3, 0.4) is 0 Å². The van der Waals surface area contributed by atoms with Gasteiger partial charge in [-0.1, -0.05) is 121 Å². The summed E-state index contributed by atoms with van der Waals surface area (Å²) in [4.78, 5) is 45.8. The highest BCUT2D eigenvalue weighted by atomic mass is 31.2. The van der Waals surface area contributed by atoms with Crippen molar-refractivity contribution < 1.29 is 47.5 Å². The number of esters is 2. The van der Waals surface area contributed by atoms with Gasteiger partial charge in [-0.2, -0.15) is 0 Å². The maximum Gasteiger partial charge on any atom is 0.472 e. The molecule has 0 saturated carbocycles. The molecule has 3 unspecified atom stereocenters. The van der Waals surface area contributed by atoms with Gasteiger partial charge in [-0.3, -0.25) is 23.4 Å². The van der Waals surface area contributed by atoms with Crippen LogP contribution in [-0.4, -0.2) is 59.9 Å². The van der Waals surface area contributed by atoms with Crippen LogP contribution in [-0.2, 0) is 37.5 Å². The van der Waals surface area contributed by atoms with Crippen LogP contribution in [0.15, 0.2) is 36.5 Å². The molecule has 11 nitrogen and oxygen atoms in total. The highest BCUT2D eigenvalue weighted by Gasteiger charge is 2.28. The van der Waals surface area contributed by atoms with E-state index in [0.29, 0.717) is 12.8 Å². The number of unbranched alkanes of at least 4 members (excludes halogenated alkanes) is 17. The van der Waals surface area contributed by atoms with Crippen LogP contribution in [0, 0.1) is 0 Å². The minimum absolute atomic E-state index is 0.143. The molecule has 0 aliphatic rings. The van der Waals surface area contributed by atoms with Crippen LogP contribution in [0.25, 0.3) is 0 Å². The Morgan fingerprint density at radius 2 is 1.02 bits per heavy atom. The molecule has 0 spiro atoms. The third kappa shape index (κ3) is 34.8. The minimum Gasteiger partial charge on any atom is -0.480 e. The first kappa shape index (κ1) is 49.7. The van der Waals surface area contributed by atoms with E-state index in [1.54, 1.807) is 0 Å². The summed E-state index contributed by atoms with van der Waals surface area (Å²) in [7, 11) is -4.72. The topological polar surface area (TPSA) is 172 Å². The second kappa shape index (κ2) is 35.7. The normalized spacial score (nSPS) is 14.2. The van der Waals surface area contributed by atoms with Crippen molar-refractivity contribution in [1.29, 1.82) is 0 Å². The van der Waals surface area contributed by atoms with E-state index in [2.05, 4.69) is 54.8 Å². The molecular weight excluding hydrogens is 685 g/mol. The van der Waals surface area contributed by atoms with Crippen LogP contribution < -0.4 is 5.73 Å². The predicted octanol–water partition coefficient (Wildman–Crippen LogP) is 10.1. The van der Waals surface area contributed by atoms with E-state index < -0.39 is 51.1 Å². The average Bonchev–Trinajstić information content (AvgIpc) is 3.12. The van der Waals surface area contributed by atoms with Crippen LogP contribution in [0.2, 0.25) is 0 Å². The number of allylic oxidation sites excluding steroid dienone is 6. The summed E-state index contributed by atoms with van der Waals surface area (Å²) in [6.07, 6.45) is 36.4. The molecule has 0 aromatic carbocycles. The summed E-state index contributed by atoms with van der Waals surface area (Å²) in [6.45, 7) is 2.72. The van der Waals surface area contributed by atoms with Gasteiger partial charge in [0.05, 0.1) is 13.2 Å². The molecule has 12 heteroatoms. The number of carbonyl (C=O) groups is 3. The second-order valence-electron chi connectivity index (χ2n) is 13.4. The number of carboxylic acid groups (broad SMARTS) is 1. The van der Waals surface area contributed by atoms with E-state index in [-0.39, 0.29) is 19.4 Å². The molecule has 3 atom stereocenters. The highest BCUT2D eigenvalue weighted by Crippen LogP contribution is 2.43. The molecule has 302 valence electrons. The van der Waals surface area contributed by atoms with Gasteiger partial charge in [-0.15, -0.1) is 0 Å². The smallest absolute Gasteiger partial charge is 0.472 e. The summed E-state index contributed by atoms with van der Waals surface area (Å²) < 4.78 is 32.6. The van der Waals surface area contributed by atoms with Gasteiger partial charge >= 0.3 is 25.7 Å². The second-order valence-corrected chi connectivity index (χ2v) is 14.9. The van der Waals surface area contributed by atoms with E-state index >= 15 is 0 Å². The van der Waals surface area contributed by atoms with Crippen molar-refractivity contribution >= 4 is 25.7 Å². The lowest BCUT2D eigenvalue weighted by molar-refractivity contribution is -0.161. The van der Waals surface area contributed by atoms with Gasteiger partial charge in [0.25, 0.3) is 0 Å². The lowest BCUT2D eigenvalue weighted by Gasteiger charge is -2.20. The number of carbonyl (C=O) groups excluding carboxylic acids is 2. The molecule has 0 amide bonds. The van der Waals surface area contributed by atoms with Gasteiger partial charge in [0.2, 0.25) is 0 Å². The Bertz CT molecular complexity index is 1030. The maximum absolute atomic E-state index is 12.6. The van der Waals surface area contributed by atoms with Crippen molar-refractivity contribution in [1.82, 2.24) is 0 Å². The largest absolute Gasteiger partial charge is 0.480 e. The Morgan fingerprint density at radius 3 is 1.56 bits per heavy atom. The third-order valence-corrected chi connectivity index (χ3v) is 9.31. The molecule has 52 heavy (non-hydrogen) atoms. The number of rotatable bonds is 37. The van der Waals surface area contributed by atoms with Gasteiger partial charge in [-0.25, -0.2) is 4.57 Å². The van der Waals surface area contributed by atoms with E-state index in [9.17, 15) is 23.8 Å². The van der Waals surface area contributed by atoms with E-state index in [1.165, 1.54) is 44.9 Å². The lowest BCUT2D eigenvalue weighted by atomic mass is 10.1. The quantitative estimate of drug-likeness (QED) is 0.0238. The zero-order chi connectivity index (χ0) is 38.5. The Morgan fingerprint density at radius 1 is 0.596 bits per heavy atom. The summed E-state index contributed by atoms with van der Waals surface area (Å²) in [5.74, 6) is -2.41. The molecule has 4 N–H and O–H groups in total. The Labute approximate surface area is 314 Å². The van der Waals surface area contributed by atoms with Crippen LogP contribution in [0.5, 0.6) is 0 Å². The predicted molar refractivity (Wildman–Crippen MR) is 208 cm³/mol. The Balaban J connectivity index is 4.45. The minimum atomic E-state index is -4.72. The van der Waals surface area contributed by atoms with Crippen molar-refractivity contribution in [3.8, 4) is 0 Å². The highest BCUT2D eigenvalue weighted by molar-refractivity contribution is 7.47. The van der Waals surface area contributed by atoms with Gasteiger partial charge in [0, 0.05) is 12.8 Å². The molecule has 0 aliphatic carbocycles. The average molecular weight is 758 g/mol. The molecule has 0 rings (SSSR count). The number of carboxylic acids is 1. The third-order valence-electron chi connectivity index (χ3n) is 8.36. The first-order valence-corrected chi connectivity index (χ1v) is 21.5. The lowest BCUT2D eigenvalue weighted by Crippen LogP contribution is -2.34. The standard InChI is InChI=1S/C40H72NO10P/c1-3-5-7-9-11-13-15-17-18-19-20-22-24-26-28-30-32-39(43)51-36(34-49-52(46,47)50-35-37(41)40(44)45)33-48-38(42)31-29-27-25-23-21-16-14-12-10-8-6-4-2/h12-15,18-19,36-37H,3-11,16-17,20-35,41H2,1-2H3,(H,44,45)(H,46,47)/b14-12-,15-13-,19-18-. The zero-order valence-electron chi connectivity index (χ0n) is 32.4. The number of phosphoric ester groups is 1. The van der Waals surface area contributed by atoms with E-state index in [0.717, 1.165) is 83.5 Å². The number of aliphatic carboxylic acids is 1. The van der Waals surface area contributed by atoms with Crippen molar-refractivity contribution in [2.75, 3.05) is 19.8 Å². The summed E-state index contributed by atoms with van der Waals surface area (Å²) in [5.41, 5.74) is 5.32. The van der Waals surface area contributed by atoms with Crippen molar-refractivity contribution in [3.63, 3.8) is 0 Å². The fourth-order valence-electron chi connectivity index (χ4n) is 5.15. The molecule has 0 heterocycles. The zero-order valence-corrected chi connectivity index (χ0v) is 33.3. The number of ether oxygens (including phenoxy) is 2. The first-order valence-electron chi connectivity index (χ1n) is 20.0. The van der Waals surface area contributed by atoms with E-state index in [1.807, 2.05) is 0 Å². The number of hydrogen-bond acceptors (Lipinski definition) is 9. The van der Waals surface area contributed by atoms with Crippen LogP contribution in [0.4, 0.5) is 0 Å². The molecule has 0 aliphatic heterocycles. The van der Waals surface area contributed by atoms with Crippen LogP contribution >= 0.6 is 7.82 Å². The fraction of sp³-hybridized carbons (Fsp3) is 0.775. The Kier molecular flexibility index (Phi) is 34.1. The van der Waals surface area contributed by atoms with E-state index in [4.69, 9.17) is 24.8 Å². The number of nitrogens with two attached hydrogens (primary N) is 1. The molecule has 0 fully saturated rings. The molecule has 0 aromatic heterocycles. The maximum atomic E-state index is 12.6. The molecule has 0 bridgehead atoms. The van der Waals surface area contributed by atoms with Gasteiger partial charge < -0.3 is 25.2 Å². The van der Waals surface area contributed by atoms with Crippen molar-refractivity contribution in [2.24, 2.45) is 5.73 Å². The number of phosphoric acid groups is 1. The molecule has 0 aromatic rings. The first-order chi connectivity index (χ1) is 25.1. The number of hydrogen-bond donors (Lipinski definition) is 3. The monoisotopic (exact) mass is 757 g/mol. The van der Waals surface area contributed by atoms with Gasteiger partial charge in [0.1, 0.15) is 12.6 Å². The molecule has 0 radical (unpaired) electrons. The molecule has 0 saturated heterocycles. The molecular formula is C40H72NO10P. The fourth-order valence-corrected chi connectivity index (χ4v) is 5.92. The summed E-state index contributed by atoms with van der Waals surface area (Å²) in [6, 6.07) is -1.52. The van der Waals surface area contributed by atoms with Gasteiger partial charge in [-0.05, 0) is 70.6 Å². The Hall–Kier alpha value is -2.30. The SMILES string of the molecule is CCCCC/C=C\CCCCCCCC(=O)OCC(COP(=O)(O)OCC(N)C(=O)O)OC(=O)CCCCCCC/C=C\C/C=C\CCCCCC. The summed E-state index contributed by atoms with van der Waals surface area (Å²) >= 11 is 0. The van der Waals surface area contributed by atoms with Gasteiger partial charge in [0.15, 0.2) is 6.10 Å². The summed E-state index contributed by atoms with van der Waals surface area (Å²) in [5, 5.41) is 8.86.